The molecule has 2 aromatic rings. The van der Waals surface area contributed by atoms with E-state index in [9.17, 15) is 18.0 Å². The molecule has 0 saturated carbocycles. The lowest BCUT2D eigenvalue weighted by Crippen LogP contribution is -2.11. The molecule has 1 amide bonds. The summed E-state index contributed by atoms with van der Waals surface area (Å²) in [5.74, 6) is -0.517. The van der Waals surface area contributed by atoms with E-state index < -0.39 is 15.7 Å². The Balaban J connectivity index is 2.19. The molecule has 0 fully saturated rings. The van der Waals surface area contributed by atoms with E-state index in [0.717, 1.165) is 17.6 Å². The van der Waals surface area contributed by atoms with Gasteiger partial charge in [0, 0.05) is 18.7 Å². The van der Waals surface area contributed by atoms with Crippen LogP contribution in [0.15, 0.2) is 29.2 Å². The van der Waals surface area contributed by atoms with Crippen molar-refractivity contribution in [1.82, 2.24) is 4.98 Å². The summed E-state index contributed by atoms with van der Waals surface area (Å²) in [6.07, 6.45) is 1.10. The molecule has 0 aliphatic carbocycles. The standard InChI is InChI=1S/C14H14N2O4S2/c1-8-12(9(2)17)21-14(15-8)16-13(18)10-4-6-11(7-5-10)22(3,19)20/h4-7H,1-3H3,(H,15,16,18). The van der Waals surface area contributed by atoms with Crippen molar-refractivity contribution in [3.05, 3.63) is 40.4 Å². The fraction of sp³-hybridized carbons (Fsp3) is 0.214. The number of hydrogen-bond donors (Lipinski definition) is 1. The number of ketones is 1. The number of carbonyl (C=O) groups excluding carboxylic acids is 2. The Bertz CT molecular complexity index is 836. The van der Waals surface area contributed by atoms with Crippen LogP contribution in [-0.4, -0.2) is 31.3 Å². The molecule has 2 rings (SSSR count). The number of nitrogens with one attached hydrogen (secondary N) is 1. The van der Waals surface area contributed by atoms with Crippen molar-refractivity contribution in [3.8, 4) is 0 Å². The molecule has 0 atom stereocenters. The van der Waals surface area contributed by atoms with Crippen LogP contribution in [0.1, 0.15) is 32.6 Å². The molecule has 1 aromatic carbocycles. The second-order valence-electron chi connectivity index (χ2n) is 4.74. The molecule has 0 aliphatic rings. The lowest BCUT2D eigenvalue weighted by Gasteiger charge is -2.03. The summed E-state index contributed by atoms with van der Waals surface area (Å²) in [6, 6.07) is 5.60. The van der Waals surface area contributed by atoms with Crippen LogP contribution in [-0.2, 0) is 9.84 Å². The smallest absolute Gasteiger partial charge is 0.257 e. The van der Waals surface area contributed by atoms with Gasteiger partial charge in [0.1, 0.15) is 0 Å². The van der Waals surface area contributed by atoms with Gasteiger partial charge in [-0.3, -0.25) is 14.9 Å². The Morgan fingerprint density at radius 1 is 1.18 bits per heavy atom. The third-order valence-electron chi connectivity index (χ3n) is 2.88. The van der Waals surface area contributed by atoms with Crippen molar-refractivity contribution in [2.75, 3.05) is 11.6 Å². The van der Waals surface area contributed by atoms with Crippen molar-refractivity contribution in [2.45, 2.75) is 18.7 Å². The predicted octanol–water partition coefficient (Wildman–Crippen LogP) is 2.31. The molecule has 22 heavy (non-hydrogen) atoms. The first-order valence-corrected chi connectivity index (χ1v) is 8.99. The number of sulfone groups is 1. The van der Waals surface area contributed by atoms with Crippen molar-refractivity contribution in [2.24, 2.45) is 0 Å². The summed E-state index contributed by atoms with van der Waals surface area (Å²) in [6.45, 7) is 3.14. The molecule has 8 heteroatoms. The molecule has 0 unspecified atom stereocenters. The van der Waals surface area contributed by atoms with Gasteiger partial charge in [0.25, 0.3) is 5.91 Å². The van der Waals surface area contributed by atoms with Gasteiger partial charge in [-0.05, 0) is 31.2 Å². The minimum absolute atomic E-state index is 0.104. The van der Waals surface area contributed by atoms with E-state index in [1.165, 1.54) is 31.2 Å². The summed E-state index contributed by atoms with van der Waals surface area (Å²) in [4.78, 5) is 28.2. The minimum atomic E-state index is -3.30. The lowest BCUT2D eigenvalue weighted by atomic mass is 10.2. The summed E-state index contributed by atoms with van der Waals surface area (Å²) < 4.78 is 22.7. The average Bonchev–Trinajstić information content (AvgIpc) is 2.79. The Morgan fingerprint density at radius 2 is 1.77 bits per heavy atom. The summed E-state index contributed by atoms with van der Waals surface area (Å²) in [5.41, 5.74) is 0.879. The SMILES string of the molecule is CC(=O)c1sc(NC(=O)c2ccc(S(C)(=O)=O)cc2)nc1C. The maximum absolute atomic E-state index is 12.1. The summed E-state index contributed by atoms with van der Waals surface area (Å²) >= 11 is 1.11. The van der Waals surface area contributed by atoms with Crippen LogP contribution in [0.3, 0.4) is 0 Å². The molecule has 116 valence electrons. The molecule has 1 aromatic heterocycles. The van der Waals surface area contributed by atoms with Crippen molar-refractivity contribution in [1.29, 1.82) is 0 Å². The Labute approximate surface area is 132 Å². The number of aromatic nitrogens is 1. The van der Waals surface area contributed by atoms with Crippen molar-refractivity contribution < 1.29 is 18.0 Å². The topological polar surface area (TPSA) is 93.2 Å². The summed E-state index contributed by atoms with van der Waals surface area (Å²) in [7, 11) is -3.30. The highest BCUT2D eigenvalue weighted by molar-refractivity contribution is 7.90. The first-order valence-electron chi connectivity index (χ1n) is 6.28. The number of anilines is 1. The van der Waals surface area contributed by atoms with E-state index in [1.807, 2.05) is 0 Å². The first kappa shape index (κ1) is 16.3. The number of rotatable bonds is 4. The van der Waals surface area contributed by atoms with Gasteiger partial charge in [-0.2, -0.15) is 0 Å². The zero-order valence-corrected chi connectivity index (χ0v) is 13.8. The number of aryl methyl sites for hydroxylation is 1. The van der Waals surface area contributed by atoms with Gasteiger partial charge in [-0.15, -0.1) is 0 Å². The maximum atomic E-state index is 12.1. The molecule has 1 heterocycles. The minimum Gasteiger partial charge on any atom is -0.298 e. The predicted molar refractivity (Wildman–Crippen MR) is 84.4 cm³/mol. The highest BCUT2D eigenvalue weighted by Crippen LogP contribution is 2.23. The van der Waals surface area contributed by atoms with Crippen LogP contribution in [0.2, 0.25) is 0 Å². The number of hydrogen-bond acceptors (Lipinski definition) is 6. The maximum Gasteiger partial charge on any atom is 0.257 e. The molecule has 0 saturated heterocycles. The van der Waals surface area contributed by atoms with E-state index in [4.69, 9.17) is 0 Å². The van der Waals surface area contributed by atoms with Crippen molar-refractivity contribution in [3.63, 3.8) is 0 Å². The average molecular weight is 338 g/mol. The van der Waals surface area contributed by atoms with Crippen LogP contribution >= 0.6 is 11.3 Å². The third-order valence-corrected chi connectivity index (χ3v) is 5.18. The highest BCUT2D eigenvalue weighted by Gasteiger charge is 2.15. The number of nitrogens with zero attached hydrogens (tertiary/aromatic N) is 1. The largest absolute Gasteiger partial charge is 0.298 e. The zero-order valence-electron chi connectivity index (χ0n) is 12.2. The monoisotopic (exact) mass is 338 g/mol. The fourth-order valence-electron chi connectivity index (χ4n) is 1.80. The van der Waals surface area contributed by atoms with Crippen LogP contribution in [0, 0.1) is 6.92 Å². The molecule has 6 nitrogen and oxygen atoms in total. The van der Waals surface area contributed by atoms with Gasteiger partial charge in [-0.1, -0.05) is 11.3 Å². The number of Topliss-reactive ketones (excluding diaryl/α,β-unsaturated/α-hetero) is 1. The normalized spacial score (nSPS) is 11.2. The Kier molecular flexibility index (Phi) is 4.43. The van der Waals surface area contributed by atoms with Gasteiger partial charge in [0.05, 0.1) is 15.5 Å². The Morgan fingerprint density at radius 3 is 2.23 bits per heavy atom. The molecule has 0 spiro atoms. The number of benzene rings is 1. The number of thiazole rings is 1. The molecule has 0 aliphatic heterocycles. The van der Waals surface area contributed by atoms with Gasteiger partial charge < -0.3 is 0 Å². The van der Waals surface area contributed by atoms with Crippen molar-refractivity contribution >= 4 is 38.0 Å². The second-order valence-corrected chi connectivity index (χ2v) is 7.76. The summed E-state index contributed by atoms with van der Waals surface area (Å²) in [5, 5.41) is 2.93. The van der Waals surface area contributed by atoms with Crippen LogP contribution in [0.5, 0.6) is 0 Å². The van der Waals surface area contributed by atoms with Crippen LogP contribution in [0.4, 0.5) is 5.13 Å². The van der Waals surface area contributed by atoms with E-state index in [2.05, 4.69) is 10.3 Å². The number of carbonyl (C=O) groups is 2. The second kappa shape index (κ2) is 5.98. The highest BCUT2D eigenvalue weighted by atomic mass is 32.2. The van der Waals surface area contributed by atoms with E-state index in [0.29, 0.717) is 21.3 Å². The quantitative estimate of drug-likeness (QED) is 0.864. The number of amides is 1. The molecular weight excluding hydrogens is 324 g/mol. The van der Waals surface area contributed by atoms with E-state index in [1.54, 1.807) is 6.92 Å². The molecule has 0 bridgehead atoms. The van der Waals surface area contributed by atoms with Gasteiger partial charge in [0.15, 0.2) is 20.8 Å². The Hall–Kier alpha value is -2.06. The molecule has 1 N–H and O–H groups in total. The van der Waals surface area contributed by atoms with Crippen LogP contribution in [0.25, 0.3) is 0 Å². The fourth-order valence-corrected chi connectivity index (χ4v) is 3.29. The lowest BCUT2D eigenvalue weighted by molar-refractivity contribution is 0.101. The van der Waals surface area contributed by atoms with Gasteiger partial charge in [0.2, 0.25) is 0 Å². The third kappa shape index (κ3) is 3.58. The van der Waals surface area contributed by atoms with Gasteiger partial charge >= 0.3 is 0 Å². The van der Waals surface area contributed by atoms with E-state index >= 15 is 0 Å². The van der Waals surface area contributed by atoms with Gasteiger partial charge in [-0.25, -0.2) is 13.4 Å². The molecule has 0 radical (unpaired) electrons. The van der Waals surface area contributed by atoms with E-state index in [-0.39, 0.29) is 10.7 Å². The zero-order chi connectivity index (χ0) is 16.5. The molecular formula is C14H14N2O4S2. The van der Waals surface area contributed by atoms with Crippen LogP contribution < -0.4 is 5.32 Å². The first-order chi connectivity index (χ1) is 10.2.